The normalized spacial score (nSPS) is 17.0. The van der Waals surface area contributed by atoms with Gasteiger partial charge in [0, 0.05) is 46.1 Å². The molecule has 0 bridgehead atoms. The Kier molecular flexibility index (Phi) is 15.0. The van der Waals surface area contributed by atoms with E-state index < -0.39 is 5.97 Å². The Morgan fingerprint density at radius 1 is 0.889 bits per heavy atom. The molecular weight excluding hydrogens is 590 g/mol. The van der Waals surface area contributed by atoms with Crippen molar-refractivity contribution in [3.63, 3.8) is 0 Å². The first-order valence-electron chi connectivity index (χ1n) is 11.7. The molecular formula is C26H39Br2N5O3. The fraction of sp³-hybridized carbons (Fsp3) is 0.538. The molecule has 200 valence electrons. The van der Waals surface area contributed by atoms with Crippen molar-refractivity contribution < 1.29 is 14.7 Å². The van der Waals surface area contributed by atoms with Crippen molar-refractivity contribution in [3.8, 4) is 0 Å². The fourth-order valence-corrected chi connectivity index (χ4v) is 4.71. The molecule has 0 radical (unpaired) electrons. The molecule has 2 aliphatic rings. The first-order valence-corrected chi connectivity index (χ1v) is 13.3. The van der Waals surface area contributed by atoms with Gasteiger partial charge < -0.3 is 20.6 Å². The van der Waals surface area contributed by atoms with Gasteiger partial charge in [0.1, 0.15) is 5.78 Å². The topological polar surface area (TPSA) is 113 Å². The summed E-state index contributed by atoms with van der Waals surface area (Å²) in [5.41, 5.74) is 7.05. The zero-order valence-electron chi connectivity index (χ0n) is 20.4. The van der Waals surface area contributed by atoms with E-state index >= 15 is 0 Å². The summed E-state index contributed by atoms with van der Waals surface area (Å²) in [5, 5.41) is 8.61. The van der Waals surface area contributed by atoms with Gasteiger partial charge in [0.25, 0.3) is 0 Å². The number of aliphatic carboxylic acids is 1. The number of carboxylic acids is 1. The van der Waals surface area contributed by atoms with Gasteiger partial charge in [-0.1, -0.05) is 7.43 Å². The minimum absolute atomic E-state index is 0. The molecule has 0 spiro atoms. The Bertz CT molecular complexity index is 929. The smallest absolute Gasteiger partial charge is 0.306 e. The summed E-state index contributed by atoms with van der Waals surface area (Å²) in [6, 6.07) is 3.77. The van der Waals surface area contributed by atoms with Gasteiger partial charge in [0.15, 0.2) is 0 Å². The number of hydrogen-bond acceptors (Lipinski definition) is 7. The molecule has 4 heterocycles. The molecule has 2 fully saturated rings. The molecule has 4 rings (SSSR count). The number of Topliss-reactive ketones (excluding diaryl/α,β-unsaturated/α-hetero) is 1. The van der Waals surface area contributed by atoms with Crippen molar-refractivity contribution in [2.45, 2.75) is 39.5 Å². The number of anilines is 1. The molecule has 0 unspecified atom stereocenters. The van der Waals surface area contributed by atoms with Crippen LogP contribution in [0.4, 0.5) is 5.69 Å². The number of hydrogen-bond donors (Lipinski definition) is 2. The summed E-state index contributed by atoms with van der Waals surface area (Å²) in [4.78, 5) is 34.9. The van der Waals surface area contributed by atoms with E-state index in [1.54, 1.807) is 30.9 Å². The van der Waals surface area contributed by atoms with Crippen LogP contribution < -0.4 is 5.73 Å². The van der Waals surface area contributed by atoms with Crippen LogP contribution in [0.3, 0.4) is 0 Å². The number of ketones is 1. The quantitative estimate of drug-likeness (QED) is 0.498. The van der Waals surface area contributed by atoms with Gasteiger partial charge >= 0.3 is 5.97 Å². The third kappa shape index (κ3) is 12.4. The predicted molar refractivity (Wildman–Crippen MR) is 152 cm³/mol. The Hall–Kier alpha value is -1.88. The number of piperidine rings is 2. The highest BCUT2D eigenvalue weighted by Gasteiger charge is 2.23. The number of nitrogen functional groups attached to an aromatic ring is 1. The van der Waals surface area contributed by atoms with Gasteiger partial charge in [0.2, 0.25) is 0 Å². The van der Waals surface area contributed by atoms with Crippen molar-refractivity contribution in [2.75, 3.05) is 46.0 Å². The van der Waals surface area contributed by atoms with E-state index in [1.807, 2.05) is 13.1 Å². The zero-order chi connectivity index (χ0) is 25.8. The van der Waals surface area contributed by atoms with Crippen molar-refractivity contribution >= 4 is 49.3 Å². The first kappa shape index (κ1) is 32.1. The molecule has 2 aromatic rings. The molecule has 3 N–H and O–H groups in total. The lowest BCUT2D eigenvalue weighted by Gasteiger charge is -2.27. The third-order valence-electron chi connectivity index (χ3n) is 6.11. The minimum Gasteiger partial charge on any atom is -0.481 e. The number of nitrogens with zero attached hydrogens (tertiary/aromatic N) is 4. The summed E-state index contributed by atoms with van der Waals surface area (Å²) in [6.45, 7) is 3.92. The molecule has 2 aromatic heterocycles. The summed E-state index contributed by atoms with van der Waals surface area (Å²) < 4.78 is 1.85. The lowest BCUT2D eigenvalue weighted by atomic mass is 9.90. The van der Waals surface area contributed by atoms with E-state index in [9.17, 15) is 9.59 Å². The second-order valence-electron chi connectivity index (χ2n) is 9.08. The lowest BCUT2D eigenvalue weighted by molar-refractivity contribution is -0.143. The molecule has 2 aliphatic heterocycles. The minimum atomic E-state index is -0.631. The highest BCUT2D eigenvalue weighted by Crippen LogP contribution is 2.20. The summed E-state index contributed by atoms with van der Waals surface area (Å²) >= 11 is 6.60. The number of nitrogens with two attached hydrogens (primary N) is 1. The van der Waals surface area contributed by atoms with Crippen LogP contribution in [-0.2, 0) is 16.0 Å². The Labute approximate surface area is 231 Å². The van der Waals surface area contributed by atoms with Crippen molar-refractivity contribution in [1.82, 2.24) is 19.8 Å². The Morgan fingerprint density at radius 2 is 1.36 bits per heavy atom. The van der Waals surface area contributed by atoms with Crippen LogP contribution in [0.15, 0.2) is 45.9 Å². The molecule has 2 saturated heterocycles. The third-order valence-corrected chi connectivity index (χ3v) is 6.97. The van der Waals surface area contributed by atoms with Crippen LogP contribution in [0, 0.1) is 11.8 Å². The molecule has 0 aromatic carbocycles. The van der Waals surface area contributed by atoms with Gasteiger partial charge in [-0.3, -0.25) is 19.6 Å². The number of carbonyl (C=O) groups is 2. The average Bonchev–Trinajstić information content (AvgIpc) is 2.80. The number of halogens is 2. The van der Waals surface area contributed by atoms with E-state index in [4.69, 9.17) is 10.8 Å². The summed E-state index contributed by atoms with van der Waals surface area (Å²) in [6.07, 6.45) is 10.9. The fourth-order valence-electron chi connectivity index (χ4n) is 3.91. The highest BCUT2D eigenvalue weighted by atomic mass is 79.9. The number of aromatic nitrogens is 2. The van der Waals surface area contributed by atoms with Crippen molar-refractivity contribution in [3.05, 3.63) is 51.4 Å². The van der Waals surface area contributed by atoms with E-state index in [-0.39, 0.29) is 19.3 Å². The number of rotatable bonds is 4. The monoisotopic (exact) mass is 627 g/mol. The lowest BCUT2D eigenvalue weighted by Crippen LogP contribution is -2.34. The second-order valence-corrected chi connectivity index (χ2v) is 10.9. The van der Waals surface area contributed by atoms with Crippen molar-refractivity contribution in [1.29, 1.82) is 0 Å². The maximum absolute atomic E-state index is 12.1. The summed E-state index contributed by atoms with van der Waals surface area (Å²) in [7, 11) is 4.14. The van der Waals surface area contributed by atoms with E-state index in [0.717, 1.165) is 66.4 Å². The Balaban J connectivity index is 0.000000291. The van der Waals surface area contributed by atoms with Gasteiger partial charge in [-0.05, 0) is 116 Å². The SMILES string of the molecule is C.CN1CCC(C(=O)Cc2cncc(Br)c2)CC1.CN1CCC(C(=O)O)CC1.Nc1cncc(Br)c1. The van der Waals surface area contributed by atoms with Crippen LogP contribution >= 0.6 is 31.9 Å². The second kappa shape index (κ2) is 16.8. The van der Waals surface area contributed by atoms with Crippen molar-refractivity contribution in [2.24, 2.45) is 11.8 Å². The zero-order valence-corrected chi connectivity index (χ0v) is 23.5. The van der Waals surface area contributed by atoms with E-state index in [0.29, 0.717) is 17.9 Å². The number of carbonyl (C=O) groups excluding carboxylic acids is 1. The largest absolute Gasteiger partial charge is 0.481 e. The molecule has 0 saturated carbocycles. The number of pyridine rings is 2. The standard InChI is InChI=1S/C13H17BrN2O.C7H13NO2.C5H5BrN2.CH4/c1-16-4-2-11(3-5-16)13(17)7-10-6-12(14)9-15-8-10;1-8-4-2-6(3-5-8)7(9)10;6-4-1-5(7)3-8-2-4;/h6,8-9,11H,2-5,7H2,1H3;6H,2-5H2,1H3,(H,9,10);1-3H,7H2;1H4. The van der Waals surface area contributed by atoms with Crippen LogP contribution in [0.1, 0.15) is 38.7 Å². The molecule has 0 atom stereocenters. The van der Waals surface area contributed by atoms with Crippen LogP contribution in [0.25, 0.3) is 0 Å². The van der Waals surface area contributed by atoms with E-state index in [2.05, 4.69) is 58.7 Å². The molecule has 36 heavy (non-hydrogen) atoms. The van der Waals surface area contributed by atoms with Crippen LogP contribution in [0.5, 0.6) is 0 Å². The highest BCUT2D eigenvalue weighted by molar-refractivity contribution is 9.10. The average molecular weight is 629 g/mol. The summed E-state index contributed by atoms with van der Waals surface area (Å²) in [5.74, 6) is -0.118. The predicted octanol–water partition coefficient (Wildman–Crippen LogP) is 4.77. The molecule has 10 heteroatoms. The molecule has 8 nitrogen and oxygen atoms in total. The van der Waals surface area contributed by atoms with Gasteiger partial charge in [-0.2, -0.15) is 0 Å². The Morgan fingerprint density at radius 3 is 1.78 bits per heavy atom. The van der Waals surface area contributed by atoms with Crippen LogP contribution in [-0.4, -0.2) is 76.9 Å². The maximum atomic E-state index is 12.1. The number of carboxylic acid groups (broad SMARTS) is 1. The first-order chi connectivity index (χ1) is 16.6. The van der Waals surface area contributed by atoms with Gasteiger partial charge in [-0.15, -0.1) is 0 Å². The maximum Gasteiger partial charge on any atom is 0.306 e. The van der Waals surface area contributed by atoms with Crippen LogP contribution in [0.2, 0.25) is 0 Å². The van der Waals surface area contributed by atoms with E-state index in [1.165, 1.54) is 0 Å². The van der Waals surface area contributed by atoms with Gasteiger partial charge in [0.05, 0.1) is 11.6 Å². The number of likely N-dealkylation sites (tertiary alicyclic amines) is 2. The molecule has 0 amide bonds. The molecule has 0 aliphatic carbocycles. The van der Waals surface area contributed by atoms with Gasteiger partial charge in [-0.25, -0.2) is 0 Å².